The van der Waals surface area contributed by atoms with Crippen molar-refractivity contribution < 1.29 is 27.8 Å². The van der Waals surface area contributed by atoms with Crippen molar-refractivity contribution in [3.05, 3.63) is 17.7 Å². The van der Waals surface area contributed by atoms with Gasteiger partial charge in [-0.3, -0.25) is 4.79 Å². The quantitative estimate of drug-likeness (QED) is 0.782. The molecule has 0 bridgehead atoms. The van der Waals surface area contributed by atoms with Gasteiger partial charge in [0.2, 0.25) is 5.75 Å². The fraction of sp³-hybridized carbons (Fsp3) is 0.417. The van der Waals surface area contributed by atoms with Crippen molar-refractivity contribution in [3.8, 4) is 17.2 Å². The average molecular weight is 290 g/mol. The van der Waals surface area contributed by atoms with Crippen LogP contribution < -0.4 is 25.3 Å². The highest BCUT2D eigenvalue weighted by molar-refractivity contribution is 5.95. The summed E-state index contributed by atoms with van der Waals surface area (Å²) >= 11 is 0. The average Bonchev–Trinajstić information content (AvgIpc) is 2.44. The normalized spacial score (nSPS) is 10.3. The smallest absolute Gasteiger partial charge is 0.387 e. The minimum atomic E-state index is -3.03. The van der Waals surface area contributed by atoms with E-state index < -0.39 is 12.5 Å². The molecule has 0 heterocycles. The van der Waals surface area contributed by atoms with Gasteiger partial charge in [-0.05, 0) is 12.1 Å². The first kappa shape index (κ1) is 16.0. The number of ether oxygens (including phenoxy) is 3. The molecule has 0 saturated carbocycles. The summed E-state index contributed by atoms with van der Waals surface area (Å²) in [6.45, 7) is -2.46. The van der Waals surface area contributed by atoms with Crippen LogP contribution in [-0.4, -0.2) is 39.8 Å². The molecule has 0 unspecified atom stereocenters. The Bertz CT molecular complexity index is 444. The maximum Gasteiger partial charge on any atom is 0.387 e. The molecule has 0 atom stereocenters. The van der Waals surface area contributed by atoms with E-state index in [1.807, 2.05) is 0 Å². The number of methoxy groups -OCH3 is 2. The highest BCUT2D eigenvalue weighted by Gasteiger charge is 2.20. The summed E-state index contributed by atoms with van der Waals surface area (Å²) in [6.07, 6.45) is 0. The number of halogens is 2. The minimum Gasteiger partial charge on any atom is -0.493 e. The molecule has 1 amide bonds. The van der Waals surface area contributed by atoms with Crippen LogP contribution in [0, 0.1) is 0 Å². The predicted octanol–water partition coefficient (Wildman–Crippen LogP) is 0.994. The zero-order valence-electron chi connectivity index (χ0n) is 11.1. The third kappa shape index (κ3) is 3.95. The van der Waals surface area contributed by atoms with Crippen LogP contribution in [-0.2, 0) is 0 Å². The number of benzene rings is 1. The van der Waals surface area contributed by atoms with Crippen molar-refractivity contribution in [2.24, 2.45) is 5.73 Å². The van der Waals surface area contributed by atoms with E-state index in [1.165, 1.54) is 26.4 Å². The molecule has 0 aliphatic carbocycles. The van der Waals surface area contributed by atoms with Gasteiger partial charge in [0.15, 0.2) is 11.5 Å². The van der Waals surface area contributed by atoms with Crippen LogP contribution in [0.4, 0.5) is 8.78 Å². The first-order chi connectivity index (χ1) is 9.53. The molecule has 0 fully saturated rings. The summed E-state index contributed by atoms with van der Waals surface area (Å²) in [5.41, 5.74) is 5.47. The molecular formula is C12H16F2N2O4. The van der Waals surface area contributed by atoms with Gasteiger partial charge < -0.3 is 25.3 Å². The number of hydrogen-bond acceptors (Lipinski definition) is 5. The van der Waals surface area contributed by atoms with E-state index >= 15 is 0 Å². The molecule has 6 nitrogen and oxygen atoms in total. The summed E-state index contributed by atoms with van der Waals surface area (Å²) in [5.74, 6) is -0.735. The van der Waals surface area contributed by atoms with Crippen molar-refractivity contribution in [1.29, 1.82) is 0 Å². The van der Waals surface area contributed by atoms with Gasteiger partial charge in [0, 0.05) is 18.7 Å². The zero-order valence-corrected chi connectivity index (χ0v) is 11.1. The van der Waals surface area contributed by atoms with Crippen LogP contribution in [0.25, 0.3) is 0 Å². The van der Waals surface area contributed by atoms with Crippen LogP contribution in [0.3, 0.4) is 0 Å². The van der Waals surface area contributed by atoms with E-state index in [0.717, 1.165) is 0 Å². The second-order valence-electron chi connectivity index (χ2n) is 3.63. The van der Waals surface area contributed by atoms with Gasteiger partial charge in [-0.1, -0.05) is 0 Å². The summed E-state index contributed by atoms with van der Waals surface area (Å²) < 4.78 is 38.9. The van der Waals surface area contributed by atoms with E-state index in [9.17, 15) is 13.6 Å². The minimum absolute atomic E-state index is 0.0254. The second-order valence-corrected chi connectivity index (χ2v) is 3.63. The van der Waals surface area contributed by atoms with Crippen LogP contribution in [0.2, 0.25) is 0 Å². The molecule has 1 aromatic rings. The van der Waals surface area contributed by atoms with Crippen LogP contribution in [0.15, 0.2) is 12.1 Å². The molecule has 0 aromatic heterocycles. The number of nitrogens with one attached hydrogen (secondary N) is 1. The maximum atomic E-state index is 12.4. The number of alkyl halides is 2. The summed E-state index contributed by atoms with van der Waals surface area (Å²) in [7, 11) is 2.54. The van der Waals surface area contributed by atoms with Gasteiger partial charge in [0.1, 0.15) is 0 Å². The summed E-state index contributed by atoms with van der Waals surface area (Å²) in [4.78, 5) is 11.8. The third-order valence-electron chi connectivity index (χ3n) is 2.36. The number of rotatable bonds is 7. The van der Waals surface area contributed by atoms with Crippen molar-refractivity contribution in [3.63, 3.8) is 0 Å². The number of amides is 1. The second kappa shape index (κ2) is 7.49. The van der Waals surface area contributed by atoms with Crippen molar-refractivity contribution in [2.45, 2.75) is 6.61 Å². The Morgan fingerprint density at radius 2 is 1.85 bits per heavy atom. The van der Waals surface area contributed by atoms with Gasteiger partial charge >= 0.3 is 6.61 Å². The van der Waals surface area contributed by atoms with Crippen LogP contribution in [0.5, 0.6) is 17.2 Å². The van der Waals surface area contributed by atoms with Gasteiger partial charge in [0.05, 0.1) is 14.2 Å². The Labute approximate surface area is 114 Å². The molecule has 20 heavy (non-hydrogen) atoms. The number of carbonyl (C=O) groups is 1. The Hall–Kier alpha value is -2.09. The Morgan fingerprint density at radius 3 is 2.25 bits per heavy atom. The van der Waals surface area contributed by atoms with Crippen molar-refractivity contribution >= 4 is 5.91 Å². The molecule has 0 saturated heterocycles. The molecule has 0 aliphatic rings. The highest BCUT2D eigenvalue weighted by atomic mass is 19.3. The number of hydrogen-bond donors (Lipinski definition) is 2. The molecule has 8 heteroatoms. The lowest BCUT2D eigenvalue weighted by Gasteiger charge is -2.15. The fourth-order valence-electron chi connectivity index (χ4n) is 1.50. The van der Waals surface area contributed by atoms with E-state index in [4.69, 9.17) is 15.2 Å². The molecular weight excluding hydrogens is 274 g/mol. The van der Waals surface area contributed by atoms with Crippen LogP contribution >= 0.6 is 0 Å². The molecule has 0 aliphatic heterocycles. The zero-order chi connectivity index (χ0) is 15.1. The standard InChI is InChI=1S/C12H16F2N2O4/c1-18-8-5-7(11(17)16-4-3-15)6-9(19-2)10(8)20-12(13)14/h5-6,12H,3-4,15H2,1-2H3,(H,16,17). The number of nitrogens with two attached hydrogens (primary N) is 1. The first-order valence-corrected chi connectivity index (χ1v) is 5.72. The molecule has 0 radical (unpaired) electrons. The molecule has 0 spiro atoms. The molecule has 1 rings (SSSR count). The molecule has 112 valence electrons. The molecule has 1 aromatic carbocycles. The van der Waals surface area contributed by atoms with Gasteiger partial charge in [-0.2, -0.15) is 8.78 Å². The van der Waals surface area contributed by atoms with Crippen LogP contribution in [0.1, 0.15) is 10.4 Å². The van der Waals surface area contributed by atoms with Gasteiger partial charge in [-0.25, -0.2) is 0 Å². The SMILES string of the molecule is COc1cc(C(=O)NCCN)cc(OC)c1OC(F)F. The summed E-state index contributed by atoms with van der Waals surface area (Å²) in [6, 6.07) is 2.57. The Kier molecular flexibility index (Phi) is 5.98. The lowest BCUT2D eigenvalue weighted by molar-refractivity contribution is -0.0526. The summed E-state index contributed by atoms with van der Waals surface area (Å²) in [5, 5.41) is 2.55. The van der Waals surface area contributed by atoms with Crippen molar-refractivity contribution in [1.82, 2.24) is 5.32 Å². The fourth-order valence-corrected chi connectivity index (χ4v) is 1.50. The predicted molar refractivity (Wildman–Crippen MR) is 67.6 cm³/mol. The Morgan fingerprint density at radius 1 is 1.30 bits per heavy atom. The van der Waals surface area contributed by atoms with Crippen molar-refractivity contribution in [2.75, 3.05) is 27.3 Å². The monoisotopic (exact) mass is 290 g/mol. The van der Waals surface area contributed by atoms with E-state index in [1.54, 1.807) is 0 Å². The first-order valence-electron chi connectivity index (χ1n) is 5.72. The van der Waals surface area contributed by atoms with Gasteiger partial charge in [0.25, 0.3) is 5.91 Å². The lowest BCUT2D eigenvalue weighted by Crippen LogP contribution is -2.29. The van der Waals surface area contributed by atoms with Gasteiger partial charge in [-0.15, -0.1) is 0 Å². The molecule has 3 N–H and O–H groups in total. The van der Waals surface area contributed by atoms with E-state index in [-0.39, 0.29) is 29.4 Å². The topological polar surface area (TPSA) is 82.8 Å². The Balaban J connectivity index is 3.14. The maximum absolute atomic E-state index is 12.4. The lowest BCUT2D eigenvalue weighted by atomic mass is 10.1. The largest absolute Gasteiger partial charge is 0.493 e. The third-order valence-corrected chi connectivity index (χ3v) is 2.36. The number of carbonyl (C=O) groups excluding carboxylic acids is 1. The van der Waals surface area contributed by atoms with E-state index in [0.29, 0.717) is 6.54 Å². The van der Waals surface area contributed by atoms with E-state index in [2.05, 4.69) is 10.1 Å². The highest BCUT2D eigenvalue weighted by Crippen LogP contribution is 2.39.